The summed E-state index contributed by atoms with van der Waals surface area (Å²) < 4.78 is 0. The first kappa shape index (κ1) is 17.3. The number of nitrogens with zero attached hydrogens (tertiary/aromatic N) is 2. The minimum Gasteiger partial charge on any atom is -0.477 e. The van der Waals surface area contributed by atoms with Gasteiger partial charge in [0.05, 0.1) is 30.3 Å². The Morgan fingerprint density at radius 2 is 1.59 bits per heavy atom. The van der Waals surface area contributed by atoms with Gasteiger partial charge in [-0.15, -0.1) is 0 Å². The molecule has 0 atom stereocenters. The van der Waals surface area contributed by atoms with Crippen LogP contribution < -0.4 is 10.2 Å². The van der Waals surface area contributed by atoms with Crippen molar-refractivity contribution in [1.29, 1.82) is 0 Å². The number of carbonyl (C=O) groups is 1. The first-order valence-electron chi connectivity index (χ1n) is 9.50. The van der Waals surface area contributed by atoms with E-state index in [0.717, 1.165) is 33.7 Å². The predicted octanol–water partition coefficient (Wildman–Crippen LogP) is 3.87. The van der Waals surface area contributed by atoms with E-state index in [2.05, 4.69) is 35.6 Å². The van der Waals surface area contributed by atoms with Crippen LogP contribution in [-0.2, 0) is 4.79 Å². The smallest absolute Gasteiger partial charge is 0.353 e. The summed E-state index contributed by atoms with van der Waals surface area (Å²) in [5, 5.41) is 12.6. The Bertz CT molecular complexity index is 1150. The predicted molar refractivity (Wildman–Crippen MR) is 114 cm³/mol. The van der Waals surface area contributed by atoms with Crippen molar-refractivity contribution < 1.29 is 9.90 Å². The fraction of sp³-hybridized carbons (Fsp3) is 0.0833. The van der Waals surface area contributed by atoms with Gasteiger partial charge in [-0.25, -0.2) is 4.79 Å². The first-order valence-corrected chi connectivity index (χ1v) is 9.50. The van der Waals surface area contributed by atoms with Crippen molar-refractivity contribution in [2.45, 2.75) is 0 Å². The molecule has 0 fully saturated rings. The van der Waals surface area contributed by atoms with E-state index in [1.165, 1.54) is 0 Å². The summed E-state index contributed by atoms with van der Waals surface area (Å²) >= 11 is 0. The minimum atomic E-state index is -0.955. The van der Waals surface area contributed by atoms with Crippen molar-refractivity contribution in [2.24, 2.45) is 4.99 Å². The highest BCUT2D eigenvalue weighted by atomic mass is 16.4. The fourth-order valence-electron chi connectivity index (χ4n) is 3.94. The molecule has 0 bridgehead atoms. The lowest BCUT2D eigenvalue weighted by atomic mass is 9.95. The standard InChI is InChI=1S/C24H19N3O2/c28-24(29)23-21-14-25-22(17-9-5-2-6-10-17)19-13-18(16-7-3-1-4-8-16)11-12-20(19)27(21)15-26-23/h1-13,26H,14-15H2,(H,28,29). The molecular formula is C24H19N3O2. The van der Waals surface area contributed by atoms with Crippen molar-refractivity contribution in [2.75, 3.05) is 18.1 Å². The zero-order chi connectivity index (χ0) is 19.8. The van der Waals surface area contributed by atoms with Gasteiger partial charge in [-0.1, -0.05) is 66.7 Å². The zero-order valence-corrected chi connectivity index (χ0v) is 15.7. The van der Waals surface area contributed by atoms with E-state index in [0.29, 0.717) is 18.9 Å². The summed E-state index contributed by atoms with van der Waals surface area (Å²) in [6.45, 7) is 0.737. The summed E-state index contributed by atoms with van der Waals surface area (Å²) in [6.07, 6.45) is 0. The van der Waals surface area contributed by atoms with Crippen LogP contribution in [0.2, 0.25) is 0 Å². The van der Waals surface area contributed by atoms with Crippen LogP contribution >= 0.6 is 0 Å². The second-order valence-electron chi connectivity index (χ2n) is 7.02. The first-order chi connectivity index (χ1) is 14.2. The Balaban J connectivity index is 1.73. The zero-order valence-electron chi connectivity index (χ0n) is 15.7. The summed E-state index contributed by atoms with van der Waals surface area (Å²) in [5.41, 5.74) is 7.01. The molecule has 2 aliphatic rings. The Hall–Kier alpha value is -3.86. The highest BCUT2D eigenvalue weighted by molar-refractivity contribution is 6.17. The maximum atomic E-state index is 11.7. The lowest BCUT2D eigenvalue weighted by molar-refractivity contribution is -0.133. The average Bonchev–Trinajstić information content (AvgIpc) is 3.12. The number of aliphatic carboxylic acids is 1. The lowest BCUT2D eigenvalue weighted by Crippen LogP contribution is -2.25. The number of aliphatic imine (C=N–C) groups is 1. The number of nitrogens with one attached hydrogen (secondary N) is 1. The normalized spacial score (nSPS) is 15.2. The Labute approximate surface area is 168 Å². The average molecular weight is 381 g/mol. The molecule has 142 valence electrons. The summed E-state index contributed by atoms with van der Waals surface area (Å²) in [6, 6.07) is 26.6. The molecule has 0 unspecified atom stereocenters. The summed E-state index contributed by atoms with van der Waals surface area (Å²) in [4.78, 5) is 18.6. The van der Waals surface area contributed by atoms with E-state index >= 15 is 0 Å². The molecule has 5 rings (SSSR count). The molecular weight excluding hydrogens is 362 g/mol. The number of carboxylic acid groups (broad SMARTS) is 1. The maximum absolute atomic E-state index is 11.7. The molecule has 0 aromatic heterocycles. The van der Waals surface area contributed by atoms with Gasteiger partial charge in [0.2, 0.25) is 0 Å². The number of hydrogen-bond donors (Lipinski definition) is 2. The monoisotopic (exact) mass is 381 g/mol. The third-order valence-corrected chi connectivity index (χ3v) is 5.33. The Morgan fingerprint density at radius 3 is 2.28 bits per heavy atom. The van der Waals surface area contributed by atoms with E-state index < -0.39 is 5.97 Å². The second kappa shape index (κ2) is 6.95. The van der Waals surface area contributed by atoms with Gasteiger partial charge in [-0.05, 0) is 23.3 Å². The van der Waals surface area contributed by atoms with Crippen LogP contribution in [0.15, 0.2) is 95.2 Å². The van der Waals surface area contributed by atoms with Gasteiger partial charge in [0.15, 0.2) is 0 Å². The minimum absolute atomic E-state index is 0.223. The largest absolute Gasteiger partial charge is 0.477 e. The molecule has 0 saturated heterocycles. The molecule has 2 heterocycles. The molecule has 3 aromatic carbocycles. The molecule has 0 spiro atoms. The number of benzene rings is 3. The third kappa shape index (κ3) is 2.97. The van der Waals surface area contributed by atoms with Crippen molar-refractivity contribution in [3.8, 4) is 11.1 Å². The lowest BCUT2D eigenvalue weighted by Gasteiger charge is -2.22. The topological polar surface area (TPSA) is 64.9 Å². The van der Waals surface area contributed by atoms with Crippen LogP contribution in [0.3, 0.4) is 0 Å². The molecule has 3 aromatic rings. The van der Waals surface area contributed by atoms with E-state index in [-0.39, 0.29) is 5.70 Å². The van der Waals surface area contributed by atoms with Gasteiger partial charge in [0.1, 0.15) is 5.70 Å². The van der Waals surface area contributed by atoms with Gasteiger partial charge in [-0.3, -0.25) is 4.99 Å². The summed E-state index contributed by atoms with van der Waals surface area (Å²) in [7, 11) is 0. The molecule has 5 nitrogen and oxygen atoms in total. The van der Waals surface area contributed by atoms with Crippen molar-refractivity contribution in [3.63, 3.8) is 0 Å². The molecule has 2 N–H and O–H groups in total. The molecule has 0 aliphatic carbocycles. The van der Waals surface area contributed by atoms with Gasteiger partial charge >= 0.3 is 5.97 Å². The number of fused-ring (bicyclic) bond motifs is 3. The van der Waals surface area contributed by atoms with Crippen LogP contribution in [-0.4, -0.2) is 30.0 Å². The van der Waals surface area contributed by atoms with Crippen LogP contribution in [0.1, 0.15) is 11.1 Å². The fourth-order valence-corrected chi connectivity index (χ4v) is 3.94. The van der Waals surface area contributed by atoms with Crippen LogP contribution in [0.25, 0.3) is 11.1 Å². The molecule has 2 aliphatic heterocycles. The maximum Gasteiger partial charge on any atom is 0.353 e. The van der Waals surface area contributed by atoms with Crippen LogP contribution in [0, 0.1) is 0 Å². The van der Waals surface area contributed by atoms with Gasteiger partial charge in [-0.2, -0.15) is 0 Å². The molecule has 0 radical (unpaired) electrons. The van der Waals surface area contributed by atoms with Crippen molar-refractivity contribution >= 4 is 17.4 Å². The van der Waals surface area contributed by atoms with E-state index in [1.807, 2.05) is 53.4 Å². The van der Waals surface area contributed by atoms with Crippen molar-refractivity contribution in [3.05, 3.63) is 101 Å². The number of anilines is 1. The molecule has 5 heteroatoms. The highest BCUT2D eigenvalue weighted by Crippen LogP contribution is 2.35. The Kier molecular flexibility index (Phi) is 4.13. The quantitative estimate of drug-likeness (QED) is 0.723. The van der Waals surface area contributed by atoms with E-state index in [1.54, 1.807) is 0 Å². The highest BCUT2D eigenvalue weighted by Gasteiger charge is 2.31. The molecule has 0 amide bonds. The van der Waals surface area contributed by atoms with Crippen LogP contribution in [0.5, 0.6) is 0 Å². The SMILES string of the molecule is O=C(O)C1=C2CN=C(c3ccccc3)c3cc(-c4ccccc4)ccc3N2CN1. The van der Waals surface area contributed by atoms with E-state index in [9.17, 15) is 9.90 Å². The number of carboxylic acids is 1. The van der Waals surface area contributed by atoms with E-state index in [4.69, 9.17) is 4.99 Å². The summed E-state index contributed by atoms with van der Waals surface area (Å²) in [5.74, 6) is -0.955. The molecule has 29 heavy (non-hydrogen) atoms. The third-order valence-electron chi connectivity index (χ3n) is 5.33. The number of rotatable bonds is 3. The van der Waals surface area contributed by atoms with Gasteiger partial charge in [0, 0.05) is 11.1 Å². The number of hydrogen-bond acceptors (Lipinski definition) is 4. The van der Waals surface area contributed by atoms with Gasteiger partial charge in [0.25, 0.3) is 0 Å². The second-order valence-corrected chi connectivity index (χ2v) is 7.02. The molecule has 0 saturated carbocycles. The van der Waals surface area contributed by atoms with Gasteiger partial charge < -0.3 is 15.3 Å². The van der Waals surface area contributed by atoms with Crippen LogP contribution in [0.4, 0.5) is 5.69 Å². The Morgan fingerprint density at radius 1 is 0.897 bits per heavy atom. The van der Waals surface area contributed by atoms with Crippen molar-refractivity contribution in [1.82, 2.24) is 5.32 Å².